The first kappa shape index (κ1) is 13.9. The van der Waals surface area contributed by atoms with Crippen LogP contribution in [0.15, 0.2) is 24.3 Å². The van der Waals surface area contributed by atoms with Gasteiger partial charge in [0.2, 0.25) is 0 Å². The topological polar surface area (TPSA) is 41.6 Å². The van der Waals surface area contributed by atoms with E-state index in [4.69, 9.17) is 4.74 Å². The molecule has 2 unspecified atom stereocenters. The maximum Gasteiger partial charge on any atom is 0.263 e. The van der Waals surface area contributed by atoms with Gasteiger partial charge in [0.1, 0.15) is 5.75 Å². The Bertz CT molecular complexity index is 424. The van der Waals surface area contributed by atoms with Gasteiger partial charge in [-0.3, -0.25) is 4.79 Å². The number of hydrogen-bond acceptors (Lipinski definition) is 3. The average Bonchev–Trinajstić information content (AvgIpc) is 2.93. The lowest BCUT2D eigenvalue weighted by Gasteiger charge is -2.27. The standard InChI is InChI=1S/C15H22N2O2/c1-11-4-6-14(7-5-11)19-12(2)15(18)17(3)13-8-9-16-10-13/h4-7,12-13,16H,8-10H2,1-3H3. The van der Waals surface area contributed by atoms with Gasteiger partial charge in [0, 0.05) is 19.6 Å². The first-order valence-corrected chi connectivity index (χ1v) is 6.78. The fourth-order valence-electron chi connectivity index (χ4n) is 2.31. The molecule has 1 N–H and O–H groups in total. The molecule has 4 heteroatoms. The van der Waals surface area contributed by atoms with Gasteiger partial charge in [-0.05, 0) is 38.9 Å². The van der Waals surface area contributed by atoms with Gasteiger partial charge in [-0.25, -0.2) is 0 Å². The Kier molecular flexibility index (Phi) is 4.43. The second-order valence-electron chi connectivity index (χ2n) is 5.17. The second kappa shape index (κ2) is 6.06. The summed E-state index contributed by atoms with van der Waals surface area (Å²) in [4.78, 5) is 14.1. The van der Waals surface area contributed by atoms with E-state index in [1.165, 1.54) is 5.56 Å². The third-order valence-corrected chi connectivity index (χ3v) is 3.61. The third-order valence-electron chi connectivity index (χ3n) is 3.61. The second-order valence-corrected chi connectivity index (χ2v) is 5.17. The number of aryl methyl sites for hydroxylation is 1. The highest BCUT2D eigenvalue weighted by Crippen LogP contribution is 2.15. The van der Waals surface area contributed by atoms with Crippen molar-refractivity contribution in [2.45, 2.75) is 32.4 Å². The number of nitrogens with one attached hydrogen (secondary N) is 1. The molecule has 2 atom stereocenters. The maximum absolute atomic E-state index is 12.3. The van der Waals surface area contributed by atoms with E-state index < -0.39 is 6.10 Å². The monoisotopic (exact) mass is 262 g/mol. The fourth-order valence-corrected chi connectivity index (χ4v) is 2.31. The van der Waals surface area contributed by atoms with E-state index in [0.717, 1.165) is 25.3 Å². The van der Waals surface area contributed by atoms with Crippen molar-refractivity contribution in [3.05, 3.63) is 29.8 Å². The van der Waals surface area contributed by atoms with E-state index in [1.807, 2.05) is 38.2 Å². The van der Waals surface area contributed by atoms with Crippen LogP contribution in [0.2, 0.25) is 0 Å². The molecule has 0 spiro atoms. The van der Waals surface area contributed by atoms with E-state index in [9.17, 15) is 4.79 Å². The van der Waals surface area contributed by atoms with Gasteiger partial charge in [0.05, 0.1) is 0 Å². The highest BCUT2D eigenvalue weighted by atomic mass is 16.5. The summed E-state index contributed by atoms with van der Waals surface area (Å²) < 4.78 is 5.70. The Labute approximate surface area is 114 Å². The van der Waals surface area contributed by atoms with Gasteiger partial charge in [-0.2, -0.15) is 0 Å². The summed E-state index contributed by atoms with van der Waals surface area (Å²) in [5.41, 5.74) is 1.18. The Morgan fingerprint density at radius 2 is 2.11 bits per heavy atom. The number of rotatable bonds is 4. The van der Waals surface area contributed by atoms with E-state index >= 15 is 0 Å². The van der Waals surface area contributed by atoms with Crippen molar-refractivity contribution in [3.63, 3.8) is 0 Å². The van der Waals surface area contributed by atoms with E-state index in [-0.39, 0.29) is 11.9 Å². The molecular weight excluding hydrogens is 240 g/mol. The van der Waals surface area contributed by atoms with Crippen LogP contribution in [-0.4, -0.2) is 43.1 Å². The molecule has 0 aromatic heterocycles. The van der Waals surface area contributed by atoms with Gasteiger partial charge in [-0.1, -0.05) is 17.7 Å². The predicted octanol–water partition coefficient (Wildman–Crippen LogP) is 1.58. The smallest absolute Gasteiger partial charge is 0.263 e. The minimum Gasteiger partial charge on any atom is -0.481 e. The maximum atomic E-state index is 12.3. The third kappa shape index (κ3) is 3.47. The quantitative estimate of drug-likeness (QED) is 0.896. The van der Waals surface area contributed by atoms with Gasteiger partial charge >= 0.3 is 0 Å². The Balaban J connectivity index is 1.93. The predicted molar refractivity (Wildman–Crippen MR) is 75.3 cm³/mol. The summed E-state index contributed by atoms with van der Waals surface area (Å²) >= 11 is 0. The molecule has 1 fully saturated rings. The molecule has 0 aliphatic carbocycles. The first-order chi connectivity index (χ1) is 9.08. The summed E-state index contributed by atoms with van der Waals surface area (Å²) in [6.07, 6.45) is 0.563. The van der Waals surface area contributed by atoms with Crippen molar-refractivity contribution in [1.29, 1.82) is 0 Å². The van der Waals surface area contributed by atoms with Crippen molar-refractivity contribution >= 4 is 5.91 Å². The van der Waals surface area contributed by atoms with Crippen LogP contribution in [0.5, 0.6) is 5.75 Å². The number of ether oxygens (including phenoxy) is 1. The van der Waals surface area contributed by atoms with Crippen molar-refractivity contribution < 1.29 is 9.53 Å². The molecule has 104 valence electrons. The lowest BCUT2D eigenvalue weighted by atomic mass is 10.2. The molecule has 1 aromatic carbocycles. The Hall–Kier alpha value is -1.55. The molecular formula is C15H22N2O2. The largest absolute Gasteiger partial charge is 0.481 e. The SMILES string of the molecule is Cc1ccc(OC(C)C(=O)N(C)C2CCNC2)cc1. The lowest BCUT2D eigenvalue weighted by Crippen LogP contribution is -2.44. The molecule has 1 saturated heterocycles. The van der Waals surface area contributed by atoms with Crippen molar-refractivity contribution in [1.82, 2.24) is 10.2 Å². The number of benzene rings is 1. The summed E-state index contributed by atoms with van der Waals surface area (Å²) in [5, 5.41) is 3.27. The normalized spacial score (nSPS) is 20.1. The number of likely N-dealkylation sites (N-methyl/N-ethyl adjacent to an activating group) is 1. The minimum atomic E-state index is -0.451. The number of nitrogens with zero attached hydrogens (tertiary/aromatic N) is 1. The van der Waals surface area contributed by atoms with Crippen molar-refractivity contribution in [2.75, 3.05) is 20.1 Å². The molecule has 0 radical (unpaired) electrons. The Morgan fingerprint density at radius 3 is 2.68 bits per heavy atom. The van der Waals surface area contributed by atoms with Crippen LogP contribution in [0.4, 0.5) is 0 Å². The highest BCUT2D eigenvalue weighted by molar-refractivity contribution is 5.81. The summed E-state index contributed by atoms with van der Waals surface area (Å²) in [6.45, 7) is 5.69. The minimum absolute atomic E-state index is 0.0364. The molecule has 2 rings (SSSR count). The zero-order valence-electron chi connectivity index (χ0n) is 11.8. The number of carbonyl (C=O) groups excluding carboxylic acids is 1. The van der Waals surface area contributed by atoms with Gasteiger partial charge < -0.3 is 15.0 Å². The molecule has 0 bridgehead atoms. The van der Waals surface area contributed by atoms with Gasteiger partial charge in [0.25, 0.3) is 5.91 Å². The van der Waals surface area contributed by atoms with E-state index in [1.54, 1.807) is 11.8 Å². The molecule has 1 amide bonds. The van der Waals surface area contributed by atoms with Crippen LogP contribution in [0.25, 0.3) is 0 Å². The van der Waals surface area contributed by atoms with Crippen LogP contribution in [0.3, 0.4) is 0 Å². The fraction of sp³-hybridized carbons (Fsp3) is 0.533. The van der Waals surface area contributed by atoms with E-state index in [2.05, 4.69) is 5.32 Å². The molecule has 1 aromatic rings. The van der Waals surface area contributed by atoms with Crippen LogP contribution >= 0.6 is 0 Å². The molecule has 4 nitrogen and oxygen atoms in total. The molecule has 1 aliphatic heterocycles. The number of hydrogen-bond donors (Lipinski definition) is 1. The lowest BCUT2D eigenvalue weighted by molar-refractivity contribution is -0.138. The van der Waals surface area contributed by atoms with E-state index in [0.29, 0.717) is 0 Å². The molecule has 1 heterocycles. The number of amides is 1. The van der Waals surface area contributed by atoms with Crippen LogP contribution in [0, 0.1) is 6.92 Å². The summed E-state index contributed by atoms with van der Waals surface area (Å²) in [5.74, 6) is 0.777. The molecule has 0 saturated carbocycles. The Morgan fingerprint density at radius 1 is 1.42 bits per heavy atom. The van der Waals surface area contributed by atoms with Crippen molar-refractivity contribution in [3.8, 4) is 5.75 Å². The number of carbonyl (C=O) groups is 1. The first-order valence-electron chi connectivity index (χ1n) is 6.78. The zero-order valence-corrected chi connectivity index (χ0v) is 11.8. The highest BCUT2D eigenvalue weighted by Gasteiger charge is 2.27. The van der Waals surface area contributed by atoms with Gasteiger partial charge in [0.15, 0.2) is 6.10 Å². The zero-order chi connectivity index (χ0) is 13.8. The van der Waals surface area contributed by atoms with Crippen LogP contribution in [-0.2, 0) is 4.79 Å². The molecule has 19 heavy (non-hydrogen) atoms. The van der Waals surface area contributed by atoms with Crippen LogP contribution in [0.1, 0.15) is 18.9 Å². The average molecular weight is 262 g/mol. The van der Waals surface area contributed by atoms with Crippen molar-refractivity contribution in [2.24, 2.45) is 0 Å². The molecule has 1 aliphatic rings. The van der Waals surface area contributed by atoms with Gasteiger partial charge in [-0.15, -0.1) is 0 Å². The van der Waals surface area contributed by atoms with Crippen LogP contribution < -0.4 is 10.1 Å². The summed E-state index contributed by atoms with van der Waals surface area (Å²) in [6, 6.07) is 8.05. The summed E-state index contributed by atoms with van der Waals surface area (Å²) in [7, 11) is 1.86.